The summed E-state index contributed by atoms with van der Waals surface area (Å²) in [5.74, 6) is 2.03. The van der Waals surface area contributed by atoms with Crippen molar-refractivity contribution in [2.24, 2.45) is 0 Å². The fraction of sp³-hybridized carbons (Fsp3) is 0.500. The van der Waals surface area contributed by atoms with Gasteiger partial charge in [-0.15, -0.1) is 11.1 Å². The van der Waals surface area contributed by atoms with Gasteiger partial charge < -0.3 is 0 Å². The van der Waals surface area contributed by atoms with Crippen LogP contribution >= 0.6 is 11.1 Å². The first-order valence-corrected chi connectivity index (χ1v) is 18.1. The molecule has 0 amide bonds. The maximum absolute atomic E-state index is 8.28. The van der Waals surface area contributed by atoms with Crippen molar-refractivity contribution in [1.29, 1.82) is 0 Å². The summed E-state index contributed by atoms with van der Waals surface area (Å²) in [6, 6.07) is 21.8. The topological polar surface area (TPSA) is 0 Å². The predicted molar refractivity (Wildman–Crippen MR) is 174 cm³/mol. The molecule has 0 saturated carbocycles. The summed E-state index contributed by atoms with van der Waals surface area (Å²) in [6.45, 7) is 23.0. The normalized spacial score (nSPS) is 16.5. The SMILES string of the molecule is CCC(C)c1cc(C(C)CC)cc([Si](Cl)(c2cc(C)cc(C)c2)c2cc(C(C)CC)cc(C(C)CC)c2)c1. The Kier molecular flexibility index (Phi) is 10.5. The van der Waals surface area contributed by atoms with Crippen molar-refractivity contribution in [2.45, 2.75) is 119 Å². The number of halogens is 1. The molecular formula is C36H51ClSi. The van der Waals surface area contributed by atoms with Gasteiger partial charge in [-0.3, -0.25) is 0 Å². The molecular weight excluding hydrogens is 496 g/mol. The molecule has 3 aromatic rings. The fourth-order valence-corrected chi connectivity index (χ4v) is 9.80. The van der Waals surface area contributed by atoms with Gasteiger partial charge in [-0.2, -0.15) is 0 Å². The lowest BCUT2D eigenvalue weighted by Crippen LogP contribution is -2.63. The molecule has 3 rings (SSSR count). The van der Waals surface area contributed by atoms with E-state index in [4.69, 9.17) is 11.1 Å². The summed E-state index contributed by atoms with van der Waals surface area (Å²) in [4.78, 5) is 0. The van der Waals surface area contributed by atoms with Crippen molar-refractivity contribution in [2.75, 3.05) is 0 Å². The minimum Gasteiger partial charge on any atom is -0.149 e. The molecule has 0 bridgehead atoms. The van der Waals surface area contributed by atoms with Crippen LogP contribution in [0.5, 0.6) is 0 Å². The maximum Gasteiger partial charge on any atom is 0.247 e. The van der Waals surface area contributed by atoms with E-state index in [-0.39, 0.29) is 0 Å². The first kappa shape index (κ1) is 30.7. The van der Waals surface area contributed by atoms with Gasteiger partial charge in [0.1, 0.15) is 0 Å². The fourth-order valence-electron chi connectivity index (χ4n) is 5.51. The molecule has 4 atom stereocenters. The van der Waals surface area contributed by atoms with Crippen LogP contribution in [-0.2, 0) is 0 Å². The van der Waals surface area contributed by atoms with Crippen LogP contribution in [-0.4, -0.2) is 7.38 Å². The van der Waals surface area contributed by atoms with E-state index < -0.39 is 7.38 Å². The Morgan fingerprint density at radius 2 is 0.737 bits per heavy atom. The molecule has 0 fully saturated rings. The van der Waals surface area contributed by atoms with Gasteiger partial charge in [0.05, 0.1) is 0 Å². The Labute approximate surface area is 240 Å². The zero-order valence-electron chi connectivity index (χ0n) is 25.7. The number of rotatable bonds is 11. The molecule has 0 saturated heterocycles. The highest BCUT2D eigenvalue weighted by molar-refractivity contribution is 7.40. The summed E-state index contributed by atoms with van der Waals surface area (Å²) in [5, 5.41) is 3.99. The van der Waals surface area contributed by atoms with Crippen molar-refractivity contribution in [1.82, 2.24) is 0 Å². The number of hydrogen-bond acceptors (Lipinski definition) is 0. The van der Waals surface area contributed by atoms with Crippen molar-refractivity contribution in [3.05, 3.63) is 88.0 Å². The molecule has 0 N–H and O–H groups in total. The van der Waals surface area contributed by atoms with Crippen LogP contribution < -0.4 is 15.6 Å². The molecule has 0 aromatic heterocycles. The van der Waals surface area contributed by atoms with Crippen LogP contribution in [0.3, 0.4) is 0 Å². The van der Waals surface area contributed by atoms with E-state index in [0.29, 0.717) is 23.7 Å². The lowest BCUT2D eigenvalue weighted by atomic mass is 9.91. The highest BCUT2D eigenvalue weighted by atomic mass is 35.6. The zero-order valence-corrected chi connectivity index (χ0v) is 27.5. The molecule has 3 aromatic carbocycles. The zero-order chi connectivity index (χ0) is 28.2. The van der Waals surface area contributed by atoms with Crippen molar-refractivity contribution >= 4 is 34.0 Å². The van der Waals surface area contributed by atoms with Gasteiger partial charge in [-0.05, 0) is 101 Å². The van der Waals surface area contributed by atoms with Crippen molar-refractivity contribution < 1.29 is 0 Å². The first-order valence-electron chi connectivity index (χ1n) is 15.1. The Bertz CT molecular complexity index is 1080. The van der Waals surface area contributed by atoms with Gasteiger partial charge in [0.15, 0.2) is 0 Å². The second-order valence-electron chi connectivity index (χ2n) is 12.0. The lowest BCUT2D eigenvalue weighted by Gasteiger charge is -2.31. The summed E-state index contributed by atoms with van der Waals surface area (Å²) in [6.07, 6.45) is 4.52. The summed E-state index contributed by atoms with van der Waals surface area (Å²) < 4.78 is 0. The molecule has 0 spiro atoms. The summed E-state index contributed by atoms with van der Waals surface area (Å²) >= 11 is 8.28. The summed E-state index contributed by atoms with van der Waals surface area (Å²) in [7, 11) is -2.83. The van der Waals surface area contributed by atoms with Gasteiger partial charge in [-0.1, -0.05) is 121 Å². The number of benzene rings is 3. The third kappa shape index (κ3) is 6.48. The Balaban J connectivity index is 2.46. The molecule has 0 nitrogen and oxygen atoms in total. The minimum absolute atomic E-state index is 0.508. The monoisotopic (exact) mass is 546 g/mol. The smallest absolute Gasteiger partial charge is 0.149 e. The van der Waals surface area contributed by atoms with Crippen molar-refractivity contribution in [3.63, 3.8) is 0 Å². The lowest BCUT2D eigenvalue weighted by molar-refractivity contribution is 0.712. The largest absolute Gasteiger partial charge is 0.247 e. The van der Waals surface area contributed by atoms with Crippen molar-refractivity contribution in [3.8, 4) is 0 Å². The molecule has 0 radical (unpaired) electrons. The second kappa shape index (κ2) is 13.0. The van der Waals surface area contributed by atoms with E-state index in [9.17, 15) is 0 Å². The molecule has 0 aliphatic heterocycles. The molecule has 2 heteroatoms. The molecule has 0 aliphatic rings. The Morgan fingerprint density at radius 3 is 1.00 bits per heavy atom. The van der Waals surface area contributed by atoms with Gasteiger partial charge in [-0.25, -0.2) is 0 Å². The molecule has 206 valence electrons. The van der Waals surface area contributed by atoms with Crippen LogP contribution in [0, 0.1) is 13.8 Å². The van der Waals surface area contributed by atoms with E-state index >= 15 is 0 Å². The molecule has 4 unspecified atom stereocenters. The van der Waals surface area contributed by atoms with E-state index in [1.807, 2.05) is 0 Å². The number of aryl methyl sites for hydroxylation is 2. The summed E-state index contributed by atoms with van der Waals surface area (Å²) in [5.41, 5.74) is 8.31. The second-order valence-corrected chi connectivity index (χ2v) is 16.8. The highest BCUT2D eigenvalue weighted by Crippen LogP contribution is 2.29. The van der Waals surface area contributed by atoms with Crippen LogP contribution in [0.25, 0.3) is 0 Å². The standard InChI is InChI=1S/C36H51ClSi/c1-11-26(7)30-18-31(27(8)12-2)21-35(20-30)38(37,34-16-24(5)15-25(6)17-34)36-22-32(28(9)13-3)19-33(23-36)29(10)14-4/h15-23,26-29H,11-14H2,1-10H3. The van der Waals surface area contributed by atoms with Gasteiger partial charge >= 0.3 is 0 Å². The molecule has 38 heavy (non-hydrogen) atoms. The minimum atomic E-state index is -2.83. The average Bonchev–Trinajstić information content (AvgIpc) is 2.93. The molecule has 0 aliphatic carbocycles. The average molecular weight is 547 g/mol. The third-order valence-corrected chi connectivity index (χ3v) is 14.3. The Hall–Kier alpha value is -1.83. The van der Waals surface area contributed by atoms with Crippen LogP contribution in [0.15, 0.2) is 54.6 Å². The number of hydrogen-bond donors (Lipinski definition) is 0. The van der Waals surface area contributed by atoms with E-state index in [1.54, 1.807) is 0 Å². The molecule has 0 heterocycles. The first-order chi connectivity index (χ1) is 18.0. The Morgan fingerprint density at radius 1 is 0.474 bits per heavy atom. The highest BCUT2D eigenvalue weighted by Gasteiger charge is 2.40. The van der Waals surface area contributed by atoms with Gasteiger partial charge in [0, 0.05) is 0 Å². The van der Waals surface area contributed by atoms with Gasteiger partial charge in [0.25, 0.3) is 0 Å². The maximum atomic E-state index is 8.28. The van der Waals surface area contributed by atoms with E-state index in [1.165, 1.54) is 48.9 Å². The van der Waals surface area contributed by atoms with Crippen LogP contribution in [0.1, 0.15) is 138 Å². The predicted octanol–water partition coefficient (Wildman–Crippen LogP) is 9.56. The third-order valence-electron chi connectivity index (χ3n) is 9.10. The van der Waals surface area contributed by atoms with Crippen LogP contribution in [0.2, 0.25) is 0 Å². The van der Waals surface area contributed by atoms with Crippen LogP contribution in [0.4, 0.5) is 0 Å². The van der Waals surface area contributed by atoms with E-state index in [0.717, 1.165) is 25.7 Å². The quantitative estimate of drug-likeness (QED) is 0.127. The van der Waals surface area contributed by atoms with E-state index in [2.05, 4.69) is 124 Å². The van der Waals surface area contributed by atoms with Gasteiger partial charge in [0.2, 0.25) is 7.38 Å².